The molecule has 0 aromatic heterocycles. The predicted molar refractivity (Wildman–Crippen MR) is 150 cm³/mol. The molecule has 5 rings (SSSR count). The van der Waals surface area contributed by atoms with Gasteiger partial charge in [-0.15, -0.1) is 0 Å². The summed E-state index contributed by atoms with van der Waals surface area (Å²) in [5.41, 5.74) is 18.7. The SMILES string of the molecule is C/C=C\C=C(/N)c1ccc(-c2cc(C(=N)N)cc(-c3cccc4cc5ccccc5cc34)c2)cc1. The Hall–Kier alpha value is -4.63. The topological polar surface area (TPSA) is 75.9 Å². The molecule has 0 aliphatic carbocycles. The maximum absolute atomic E-state index is 8.13. The second kappa shape index (κ2) is 9.32. The Morgan fingerprint density at radius 1 is 0.657 bits per heavy atom. The number of allylic oxidation sites excluding steroid dienone is 3. The van der Waals surface area contributed by atoms with Crippen molar-refractivity contribution >= 4 is 33.1 Å². The number of fused-ring (bicyclic) bond motifs is 2. The average molecular weight is 454 g/mol. The molecule has 0 unspecified atom stereocenters. The summed E-state index contributed by atoms with van der Waals surface area (Å²) < 4.78 is 0. The molecule has 0 aliphatic heterocycles. The van der Waals surface area contributed by atoms with Crippen molar-refractivity contribution in [3.05, 3.63) is 126 Å². The first-order valence-corrected chi connectivity index (χ1v) is 11.6. The maximum Gasteiger partial charge on any atom is 0.122 e. The first-order chi connectivity index (χ1) is 17.0. The lowest BCUT2D eigenvalue weighted by atomic mass is 9.91. The molecule has 0 radical (unpaired) electrons. The Balaban J connectivity index is 1.65. The summed E-state index contributed by atoms with van der Waals surface area (Å²) in [7, 11) is 0. The number of nitrogens with two attached hydrogens (primary N) is 2. The summed E-state index contributed by atoms with van der Waals surface area (Å²) in [4.78, 5) is 0. The zero-order chi connectivity index (χ0) is 24.4. The monoisotopic (exact) mass is 453 g/mol. The van der Waals surface area contributed by atoms with Gasteiger partial charge in [0.05, 0.1) is 0 Å². The number of rotatable bonds is 5. The van der Waals surface area contributed by atoms with Gasteiger partial charge >= 0.3 is 0 Å². The van der Waals surface area contributed by atoms with Crippen LogP contribution in [-0.2, 0) is 0 Å². The van der Waals surface area contributed by atoms with Crippen LogP contribution in [0.2, 0.25) is 0 Å². The highest BCUT2D eigenvalue weighted by atomic mass is 14.7. The number of hydrogen-bond acceptors (Lipinski definition) is 2. The van der Waals surface area contributed by atoms with Crippen LogP contribution < -0.4 is 11.5 Å². The van der Waals surface area contributed by atoms with Crippen molar-refractivity contribution in [1.82, 2.24) is 0 Å². The van der Waals surface area contributed by atoms with E-state index in [1.165, 1.54) is 21.5 Å². The van der Waals surface area contributed by atoms with Gasteiger partial charge in [-0.1, -0.05) is 78.9 Å². The van der Waals surface area contributed by atoms with Gasteiger partial charge in [-0.05, 0) is 92.7 Å². The summed E-state index contributed by atoms with van der Waals surface area (Å²) in [6, 6.07) is 33.6. The molecular weight excluding hydrogens is 426 g/mol. The number of benzene rings is 5. The minimum atomic E-state index is 0.0499. The van der Waals surface area contributed by atoms with E-state index in [4.69, 9.17) is 16.9 Å². The van der Waals surface area contributed by atoms with Crippen molar-refractivity contribution in [3.63, 3.8) is 0 Å². The van der Waals surface area contributed by atoms with E-state index in [0.717, 1.165) is 33.5 Å². The molecule has 0 fully saturated rings. The summed E-state index contributed by atoms with van der Waals surface area (Å²) in [5, 5.41) is 12.9. The molecule has 170 valence electrons. The Bertz CT molecular complexity index is 1620. The lowest BCUT2D eigenvalue weighted by molar-refractivity contribution is 1.42. The molecule has 5 N–H and O–H groups in total. The van der Waals surface area contributed by atoms with Gasteiger partial charge in [0.25, 0.3) is 0 Å². The first kappa shape index (κ1) is 22.2. The van der Waals surface area contributed by atoms with Gasteiger partial charge in [0.2, 0.25) is 0 Å². The fourth-order valence-electron chi connectivity index (χ4n) is 4.48. The van der Waals surface area contributed by atoms with Crippen LogP contribution in [0, 0.1) is 5.41 Å². The molecule has 5 aromatic carbocycles. The molecule has 0 saturated heterocycles. The van der Waals surface area contributed by atoms with Gasteiger partial charge in [-0.25, -0.2) is 0 Å². The van der Waals surface area contributed by atoms with Gasteiger partial charge in [-0.3, -0.25) is 5.41 Å². The molecule has 0 aliphatic rings. The Morgan fingerprint density at radius 2 is 1.34 bits per heavy atom. The van der Waals surface area contributed by atoms with Crippen LogP contribution in [0.15, 0.2) is 115 Å². The van der Waals surface area contributed by atoms with E-state index in [2.05, 4.69) is 72.8 Å². The summed E-state index contributed by atoms with van der Waals surface area (Å²) in [5.74, 6) is 0.0499. The molecule has 0 amide bonds. The van der Waals surface area contributed by atoms with Crippen LogP contribution in [0.25, 0.3) is 49.5 Å². The standard InChI is InChI=1S/C32H27N3/c1-2-3-11-31(33)22-14-12-21(13-15-22)26-17-27(19-28(18-26)32(34)35)29-10-6-9-25-16-23-7-4-5-8-24(23)20-30(25)29/h2-20H,33H2,1H3,(H3,34,35)/b3-2-,31-11-. The van der Waals surface area contributed by atoms with Crippen molar-refractivity contribution in [1.29, 1.82) is 5.41 Å². The summed E-state index contributed by atoms with van der Waals surface area (Å²) >= 11 is 0. The summed E-state index contributed by atoms with van der Waals surface area (Å²) in [6.45, 7) is 1.96. The van der Waals surface area contributed by atoms with Crippen LogP contribution in [0.5, 0.6) is 0 Å². The fourth-order valence-corrected chi connectivity index (χ4v) is 4.48. The van der Waals surface area contributed by atoms with Crippen molar-refractivity contribution in [2.75, 3.05) is 0 Å². The van der Waals surface area contributed by atoms with E-state index in [0.29, 0.717) is 5.56 Å². The largest absolute Gasteiger partial charge is 0.398 e. The minimum absolute atomic E-state index is 0.0499. The Labute approximate surface area is 205 Å². The number of nitrogens with one attached hydrogen (secondary N) is 1. The van der Waals surface area contributed by atoms with Crippen molar-refractivity contribution in [3.8, 4) is 22.3 Å². The van der Waals surface area contributed by atoms with Gasteiger partial charge < -0.3 is 11.5 Å². The molecule has 5 aromatic rings. The third-order valence-electron chi connectivity index (χ3n) is 6.32. The van der Waals surface area contributed by atoms with Crippen LogP contribution in [-0.4, -0.2) is 5.84 Å². The highest BCUT2D eigenvalue weighted by Gasteiger charge is 2.11. The van der Waals surface area contributed by atoms with Crippen LogP contribution in [0.4, 0.5) is 0 Å². The predicted octanol–water partition coefficient (Wildman–Crippen LogP) is 7.49. The van der Waals surface area contributed by atoms with Crippen molar-refractivity contribution < 1.29 is 0 Å². The molecule has 0 bridgehead atoms. The summed E-state index contributed by atoms with van der Waals surface area (Å²) in [6.07, 6.45) is 5.78. The van der Waals surface area contributed by atoms with Gasteiger partial charge in [-0.2, -0.15) is 0 Å². The maximum atomic E-state index is 8.13. The molecule has 0 spiro atoms. The average Bonchev–Trinajstić information content (AvgIpc) is 2.90. The van der Waals surface area contributed by atoms with E-state index in [9.17, 15) is 0 Å². The highest BCUT2D eigenvalue weighted by Crippen LogP contribution is 2.35. The first-order valence-electron chi connectivity index (χ1n) is 11.6. The smallest absolute Gasteiger partial charge is 0.122 e. The van der Waals surface area contributed by atoms with Gasteiger partial charge in [0, 0.05) is 11.3 Å². The second-order valence-corrected chi connectivity index (χ2v) is 8.66. The van der Waals surface area contributed by atoms with E-state index in [-0.39, 0.29) is 5.84 Å². The molecule has 35 heavy (non-hydrogen) atoms. The number of hydrogen-bond donors (Lipinski definition) is 3. The molecule has 0 heterocycles. The van der Waals surface area contributed by atoms with E-state index >= 15 is 0 Å². The Morgan fingerprint density at radius 3 is 2.06 bits per heavy atom. The van der Waals surface area contributed by atoms with E-state index in [1.807, 2.05) is 49.4 Å². The minimum Gasteiger partial charge on any atom is -0.398 e. The van der Waals surface area contributed by atoms with E-state index in [1.54, 1.807) is 0 Å². The number of nitrogen functional groups attached to an aromatic ring is 1. The van der Waals surface area contributed by atoms with Crippen LogP contribution >= 0.6 is 0 Å². The Kier molecular flexibility index (Phi) is 5.90. The third kappa shape index (κ3) is 4.44. The van der Waals surface area contributed by atoms with Gasteiger partial charge in [0.1, 0.15) is 5.84 Å². The molecular formula is C32H27N3. The van der Waals surface area contributed by atoms with Crippen LogP contribution in [0.1, 0.15) is 18.1 Å². The second-order valence-electron chi connectivity index (χ2n) is 8.66. The van der Waals surface area contributed by atoms with E-state index < -0.39 is 0 Å². The normalized spacial score (nSPS) is 12.0. The molecule has 3 heteroatoms. The van der Waals surface area contributed by atoms with Gasteiger partial charge in [0.15, 0.2) is 0 Å². The number of amidine groups is 1. The van der Waals surface area contributed by atoms with Crippen LogP contribution in [0.3, 0.4) is 0 Å². The van der Waals surface area contributed by atoms with Crippen molar-refractivity contribution in [2.45, 2.75) is 6.92 Å². The fraction of sp³-hybridized carbons (Fsp3) is 0.0312. The zero-order valence-electron chi connectivity index (χ0n) is 19.6. The molecule has 0 saturated carbocycles. The molecule has 3 nitrogen and oxygen atoms in total. The quantitative estimate of drug-likeness (QED) is 0.112. The zero-order valence-corrected chi connectivity index (χ0v) is 19.6. The lowest BCUT2D eigenvalue weighted by Gasteiger charge is -2.13. The lowest BCUT2D eigenvalue weighted by Crippen LogP contribution is -2.11. The molecule has 0 atom stereocenters. The van der Waals surface area contributed by atoms with Crippen molar-refractivity contribution in [2.24, 2.45) is 11.5 Å². The highest BCUT2D eigenvalue weighted by molar-refractivity contribution is 6.06. The third-order valence-corrected chi connectivity index (χ3v) is 6.32.